The van der Waals surface area contributed by atoms with Gasteiger partial charge in [0, 0.05) is 0 Å². The molecule has 2 N–H and O–H groups in total. The number of benzene rings is 2. The number of fused-ring (bicyclic) bond motifs is 1. The van der Waals surface area contributed by atoms with Crippen LogP contribution in [0.3, 0.4) is 0 Å². The summed E-state index contributed by atoms with van der Waals surface area (Å²) in [5, 5.41) is 10.4. The van der Waals surface area contributed by atoms with Gasteiger partial charge in [-0.2, -0.15) is 13.2 Å². The first-order valence-electron chi connectivity index (χ1n) is 12.0. The van der Waals surface area contributed by atoms with E-state index in [2.05, 4.69) is 0 Å². The first-order chi connectivity index (χ1) is 16.4. The van der Waals surface area contributed by atoms with Crippen molar-refractivity contribution in [1.82, 2.24) is 0 Å². The van der Waals surface area contributed by atoms with Gasteiger partial charge in [-0.15, -0.1) is 0 Å². The minimum Gasteiger partial charge on any atom is -0.507 e. The number of aromatic hydroxyl groups is 1. The average Bonchev–Trinajstić information content (AvgIpc) is 3.05. The van der Waals surface area contributed by atoms with Crippen LogP contribution >= 0.6 is 0 Å². The molecule has 0 radical (unpaired) electrons. The standard InChI is InChI=1S/C27H30F3NO4/c1-26(2,3)17-8-10-18(11-9-17)34-24-22(33)19-12-13-21(32)20(16-31-14-6-4-5-7-15-31)23(19)35-25(24)27(28,29)30/h8-13,32H,4-7,14-16H2,1-3H3/p+1. The summed E-state index contributed by atoms with van der Waals surface area (Å²) in [6.45, 7) is 8.02. The quantitative estimate of drug-likeness (QED) is 0.502. The predicted molar refractivity (Wildman–Crippen MR) is 127 cm³/mol. The molecule has 35 heavy (non-hydrogen) atoms. The number of nitrogens with one attached hydrogen (secondary N) is 1. The van der Waals surface area contributed by atoms with Gasteiger partial charge >= 0.3 is 6.18 Å². The highest BCUT2D eigenvalue weighted by molar-refractivity contribution is 5.83. The van der Waals surface area contributed by atoms with Crippen molar-refractivity contribution in [2.45, 2.75) is 64.6 Å². The Balaban J connectivity index is 1.81. The van der Waals surface area contributed by atoms with Crippen molar-refractivity contribution >= 4 is 11.0 Å². The van der Waals surface area contributed by atoms with Gasteiger partial charge in [0.05, 0.1) is 24.0 Å². The van der Waals surface area contributed by atoms with Crippen molar-refractivity contribution in [3.05, 3.63) is 63.5 Å². The minimum atomic E-state index is -4.97. The number of likely N-dealkylation sites (tertiary alicyclic amines) is 1. The Morgan fingerprint density at radius 1 is 0.971 bits per heavy atom. The highest BCUT2D eigenvalue weighted by atomic mass is 19.4. The third-order valence-electron chi connectivity index (χ3n) is 6.53. The normalized spacial score (nSPS) is 15.8. The van der Waals surface area contributed by atoms with Gasteiger partial charge in [0.25, 0.3) is 5.76 Å². The lowest BCUT2D eigenvalue weighted by Gasteiger charge is -2.20. The molecule has 1 aromatic heterocycles. The Morgan fingerprint density at radius 2 is 1.60 bits per heavy atom. The molecule has 0 saturated carbocycles. The molecule has 2 heterocycles. The van der Waals surface area contributed by atoms with Gasteiger partial charge in [0.15, 0.2) is 5.58 Å². The maximum Gasteiger partial charge on any atom is 0.453 e. The van der Waals surface area contributed by atoms with Crippen LogP contribution in [-0.2, 0) is 18.1 Å². The number of ether oxygens (including phenoxy) is 1. The SMILES string of the molecule is CC(C)(C)c1ccc(Oc2c(C(F)(F)F)oc3c(C[NH+]4CCCCCC4)c(O)ccc3c2=O)cc1. The molecule has 0 spiro atoms. The van der Waals surface area contributed by atoms with Crippen LogP contribution in [0.2, 0.25) is 0 Å². The lowest BCUT2D eigenvalue weighted by atomic mass is 9.87. The van der Waals surface area contributed by atoms with Crippen LogP contribution in [0, 0.1) is 0 Å². The number of hydrogen-bond donors (Lipinski definition) is 2. The summed E-state index contributed by atoms with van der Waals surface area (Å²) in [5.41, 5.74) is -0.128. The van der Waals surface area contributed by atoms with E-state index in [1.807, 2.05) is 20.8 Å². The molecule has 0 unspecified atom stereocenters. The fraction of sp³-hybridized carbons (Fsp3) is 0.444. The number of halogens is 3. The van der Waals surface area contributed by atoms with Crippen molar-refractivity contribution in [3.8, 4) is 17.2 Å². The number of phenolic OH excluding ortho intramolecular Hbond substituents is 1. The van der Waals surface area contributed by atoms with E-state index >= 15 is 0 Å². The van der Waals surface area contributed by atoms with Gasteiger partial charge in [-0.3, -0.25) is 4.79 Å². The molecule has 2 aromatic carbocycles. The lowest BCUT2D eigenvalue weighted by Crippen LogP contribution is -3.10. The van der Waals surface area contributed by atoms with E-state index in [4.69, 9.17) is 9.15 Å². The van der Waals surface area contributed by atoms with Gasteiger partial charge < -0.3 is 19.2 Å². The number of rotatable bonds is 4. The summed E-state index contributed by atoms with van der Waals surface area (Å²) in [6.07, 6.45) is -0.743. The monoisotopic (exact) mass is 490 g/mol. The lowest BCUT2D eigenvalue weighted by molar-refractivity contribution is -0.913. The van der Waals surface area contributed by atoms with E-state index in [0.29, 0.717) is 0 Å². The van der Waals surface area contributed by atoms with Crippen molar-refractivity contribution < 1.29 is 32.3 Å². The Kier molecular flexibility index (Phi) is 6.86. The first-order valence-corrected chi connectivity index (χ1v) is 12.0. The summed E-state index contributed by atoms with van der Waals surface area (Å²) in [6, 6.07) is 9.20. The van der Waals surface area contributed by atoms with E-state index < -0.39 is 23.1 Å². The molecule has 3 aromatic rings. The molecule has 188 valence electrons. The third-order valence-corrected chi connectivity index (χ3v) is 6.53. The van der Waals surface area contributed by atoms with Gasteiger partial charge in [0.1, 0.15) is 18.0 Å². The largest absolute Gasteiger partial charge is 0.507 e. The predicted octanol–water partition coefficient (Wildman–Crippen LogP) is 5.57. The molecule has 0 atom stereocenters. The first kappa shape index (κ1) is 25.1. The van der Waals surface area contributed by atoms with Crippen LogP contribution in [0.15, 0.2) is 45.6 Å². The average molecular weight is 491 g/mol. The van der Waals surface area contributed by atoms with Crippen molar-refractivity contribution in [1.29, 1.82) is 0 Å². The second-order valence-corrected chi connectivity index (χ2v) is 10.2. The van der Waals surface area contributed by atoms with Crippen LogP contribution < -0.4 is 15.1 Å². The molecule has 0 bridgehead atoms. The van der Waals surface area contributed by atoms with Gasteiger partial charge in [-0.05, 0) is 60.9 Å². The van der Waals surface area contributed by atoms with Crippen LogP contribution in [0.25, 0.3) is 11.0 Å². The molecule has 4 rings (SSSR count). The van der Waals surface area contributed by atoms with E-state index in [1.165, 1.54) is 24.3 Å². The zero-order valence-electron chi connectivity index (χ0n) is 20.2. The highest BCUT2D eigenvalue weighted by Gasteiger charge is 2.41. The van der Waals surface area contributed by atoms with Crippen LogP contribution in [0.4, 0.5) is 13.2 Å². The minimum absolute atomic E-state index is 0.0543. The van der Waals surface area contributed by atoms with Crippen molar-refractivity contribution in [3.63, 3.8) is 0 Å². The van der Waals surface area contributed by atoms with Crippen LogP contribution in [-0.4, -0.2) is 18.2 Å². The zero-order chi connectivity index (χ0) is 25.4. The maximum atomic E-state index is 14.0. The third kappa shape index (κ3) is 5.48. The topological polar surface area (TPSA) is 64.1 Å². The molecule has 1 aliphatic heterocycles. The number of phenols is 1. The molecule has 1 saturated heterocycles. The van der Waals surface area contributed by atoms with E-state index in [-0.39, 0.29) is 40.0 Å². The number of hydrogen-bond acceptors (Lipinski definition) is 4. The fourth-order valence-corrected chi connectivity index (χ4v) is 4.53. The Bertz CT molecular complexity index is 1250. The molecule has 8 heteroatoms. The Labute approximate surface area is 202 Å². The van der Waals surface area contributed by atoms with Crippen LogP contribution in [0.5, 0.6) is 17.2 Å². The molecular formula is C27H31F3NO4+. The van der Waals surface area contributed by atoms with E-state index in [9.17, 15) is 23.1 Å². The molecule has 1 aliphatic rings. The second kappa shape index (κ2) is 9.57. The molecule has 1 fully saturated rings. The highest BCUT2D eigenvalue weighted by Crippen LogP contribution is 2.40. The Morgan fingerprint density at radius 3 is 2.17 bits per heavy atom. The van der Waals surface area contributed by atoms with E-state index in [1.54, 1.807) is 12.1 Å². The zero-order valence-corrected chi connectivity index (χ0v) is 20.2. The maximum absolute atomic E-state index is 14.0. The van der Waals surface area contributed by atoms with Crippen LogP contribution in [0.1, 0.15) is 63.3 Å². The molecular weight excluding hydrogens is 459 g/mol. The van der Waals surface area contributed by atoms with Crippen molar-refractivity contribution in [2.24, 2.45) is 0 Å². The van der Waals surface area contributed by atoms with Gasteiger partial charge in [-0.25, -0.2) is 0 Å². The summed E-state index contributed by atoms with van der Waals surface area (Å²) in [7, 11) is 0. The Hall–Kier alpha value is -3.00. The summed E-state index contributed by atoms with van der Waals surface area (Å²) >= 11 is 0. The van der Waals surface area contributed by atoms with E-state index in [0.717, 1.165) is 49.2 Å². The second-order valence-electron chi connectivity index (χ2n) is 10.2. The molecule has 0 amide bonds. The number of alkyl halides is 3. The van der Waals surface area contributed by atoms with Gasteiger partial charge in [-0.1, -0.05) is 32.9 Å². The smallest absolute Gasteiger partial charge is 0.453 e. The summed E-state index contributed by atoms with van der Waals surface area (Å²) in [4.78, 5) is 14.4. The van der Waals surface area contributed by atoms with Crippen molar-refractivity contribution in [2.75, 3.05) is 13.1 Å². The number of quaternary nitrogens is 1. The summed E-state index contributed by atoms with van der Waals surface area (Å²) < 4.78 is 53.0. The summed E-state index contributed by atoms with van der Waals surface area (Å²) in [5.74, 6) is -2.50. The fourth-order valence-electron chi connectivity index (χ4n) is 4.53. The van der Waals surface area contributed by atoms with Gasteiger partial charge in [0.2, 0.25) is 11.2 Å². The molecule has 0 aliphatic carbocycles. The molecule has 5 nitrogen and oxygen atoms in total.